The fourth-order valence-electron chi connectivity index (χ4n) is 3.44. The van der Waals surface area contributed by atoms with Crippen LogP contribution in [0, 0.1) is 5.92 Å². The van der Waals surface area contributed by atoms with Crippen LogP contribution in [0.4, 0.5) is 0 Å². The van der Waals surface area contributed by atoms with Crippen molar-refractivity contribution in [1.29, 1.82) is 0 Å². The van der Waals surface area contributed by atoms with E-state index in [1.807, 2.05) is 24.3 Å². The minimum Gasteiger partial charge on any atom is -0.487 e. The minimum absolute atomic E-state index is 0.495. The fraction of sp³-hybridized carbons (Fsp3) is 0.375. The molecule has 0 aliphatic heterocycles. The monoisotopic (exact) mass is 362 g/mol. The minimum atomic E-state index is 0.495. The van der Waals surface area contributed by atoms with Crippen LogP contribution in [0.3, 0.4) is 0 Å². The number of fused-ring (bicyclic) bond motifs is 2. The predicted molar refractivity (Wildman–Crippen MR) is 113 cm³/mol. The van der Waals surface area contributed by atoms with Gasteiger partial charge in [-0.25, -0.2) is 4.98 Å². The number of nitrogens with zero attached hydrogens (tertiary/aromatic N) is 1. The number of pyridine rings is 1. The van der Waals surface area contributed by atoms with Crippen molar-refractivity contribution in [3.8, 4) is 5.75 Å². The highest BCUT2D eigenvalue weighted by molar-refractivity contribution is 5.78. The number of benzene rings is 2. The summed E-state index contributed by atoms with van der Waals surface area (Å²) < 4.78 is 5.97. The maximum absolute atomic E-state index is 5.97. The van der Waals surface area contributed by atoms with Crippen LogP contribution >= 0.6 is 0 Å². The summed E-state index contributed by atoms with van der Waals surface area (Å²) in [5.74, 6) is 1.56. The molecule has 3 heteroatoms. The van der Waals surface area contributed by atoms with Crippen molar-refractivity contribution in [2.75, 3.05) is 6.54 Å². The third-order valence-electron chi connectivity index (χ3n) is 4.88. The molecule has 1 aliphatic rings. The van der Waals surface area contributed by atoms with E-state index >= 15 is 0 Å². The molecule has 1 aromatic heterocycles. The summed E-state index contributed by atoms with van der Waals surface area (Å²) in [7, 11) is 0. The Bertz CT molecular complexity index is 875. The average molecular weight is 363 g/mol. The summed E-state index contributed by atoms with van der Waals surface area (Å²) in [6.07, 6.45) is 4.63. The second-order valence-electron chi connectivity index (χ2n) is 7.27. The Balaban J connectivity index is 0.000000659. The molecule has 0 fully saturated rings. The van der Waals surface area contributed by atoms with E-state index in [4.69, 9.17) is 10.5 Å². The highest BCUT2D eigenvalue weighted by Crippen LogP contribution is 2.28. The Kier molecular flexibility index (Phi) is 6.83. The molecule has 0 saturated heterocycles. The summed E-state index contributed by atoms with van der Waals surface area (Å²) in [4.78, 5) is 4.66. The standard InChI is InChI=1S/C21H22N2O.C3H8/c22-13-15-5-6-18-12-20(10-8-17(18)11-15)24-14-19-9-7-16-3-1-2-4-21(16)23-19;1-3-2/h1-4,7-10,12,15H,5-6,11,13-14,22H2;3H2,1-2H3. The van der Waals surface area contributed by atoms with Crippen LogP contribution in [0.15, 0.2) is 54.6 Å². The number of hydrogen-bond donors (Lipinski definition) is 1. The summed E-state index contributed by atoms with van der Waals surface area (Å²) in [5.41, 5.74) is 10.6. The molecule has 2 N–H and O–H groups in total. The molecular weight excluding hydrogens is 332 g/mol. The summed E-state index contributed by atoms with van der Waals surface area (Å²) in [6, 6.07) is 18.7. The van der Waals surface area contributed by atoms with Gasteiger partial charge in [-0.05, 0) is 67.1 Å². The van der Waals surface area contributed by atoms with E-state index < -0.39 is 0 Å². The molecular formula is C24H30N2O. The Morgan fingerprint density at radius 2 is 1.85 bits per heavy atom. The van der Waals surface area contributed by atoms with E-state index in [-0.39, 0.29) is 0 Å². The van der Waals surface area contributed by atoms with Gasteiger partial charge in [0.15, 0.2) is 0 Å². The Morgan fingerprint density at radius 1 is 1.04 bits per heavy atom. The van der Waals surface area contributed by atoms with Gasteiger partial charge in [0, 0.05) is 5.39 Å². The maximum Gasteiger partial charge on any atom is 0.130 e. The first-order chi connectivity index (χ1) is 13.2. The largest absolute Gasteiger partial charge is 0.487 e. The molecule has 142 valence electrons. The van der Waals surface area contributed by atoms with Crippen LogP contribution < -0.4 is 10.5 Å². The van der Waals surface area contributed by atoms with Crippen molar-refractivity contribution in [1.82, 2.24) is 4.98 Å². The summed E-state index contributed by atoms with van der Waals surface area (Å²) in [5, 5.41) is 1.16. The number of hydrogen-bond acceptors (Lipinski definition) is 3. The molecule has 1 atom stereocenters. The number of ether oxygens (including phenoxy) is 1. The first-order valence-electron chi connectivity index (χ1n) is 10.0. The molecule has 27 heavy (non-hydrogen) atoms. The predicted octanol–water partition coefficient (Wildman–Crippen LogP) is 5.29. The lowest BCUT2D eigenvalue weighted by Gasteiger charge is -2.23. The first-order valence-corrected chi connectivity index (χ1v) is 10.0. The van der Waals surface area contributed by atoms with Gasteiger partial charge in [-0.2, -0.15) is 0 Å². The number of para-hydroxylation sites is 1. The first kappa shape index (κ1) is 19.4. The molecule has 3 aromatic rings. The van der Waals surface area contributed by atoms with E-state index in [2.05, 4.69) is 49.2 Å². The summed E-state index contributed by atoms with van der Waals surface area (Å²) in [6.45, 7) is 5.53. The van der Waals surface area contributed by atoms with Crippen molar-refractivity contribution in [2.24, 2.45) is 11.7 Å². The van der Waals surface area contributed by atoms with Crippen LogP contribution in [0.5, 0.6) is 5.75 Å². The Labute approximate surface area is 162 Å². The van der Waals surface area contributed by atoms with E-state index in [1.165, 1.54) is 24.0 Å². The topological polar surface area (TPSA) is 48.1 Å². The molecule has 1 unspecified atom stereocenters. The number of nitrogens with two attached hydrogens (primary N) is 1. The molecule has 3 nitrogen and oxygen atoms in total. The van der Waals surface area contributed by atoms with Crippen molar-refractivity contribution in [3.63, 3.8) is 0 Å². The molecule has 1 heterocycles. The van der Waals surface area contributed by atoms with Crippen LogP contribution in [0.2, 0.25) is 0 Å². The van der Waals surface area contributed by atoms with E-state index in [0.29, 0.717) is 12.5 Å². The quantitative estimate of drug-likeness (QED) is 0.685. The Hall–Kier alpha value is -2.39. The van der Waals surface area contributed by atoms with Gasteiger partial charge in [-0.1, -0.05) is 50.6 Å². The Morgan fingerprint density at radius 3 is 2.67 bits per heavy atom. The van der Waals surface area contributed by atoms with Crippen molar-refractivity contribution in [3.05, 3.63) is 71.4 Å². The molecule has 4 rings (SSSR count). The third kappa shape index (κ3) is 5.08. The van der Waals surface area contributed by atoms with Crippen LogP contribution in [-0.4, -0.2) is 11.5 Å². The smallest absolute Gasteiger partial charge is 0.130 e. The zero-order chi connectivity index (χ0) is 19.1. The van der Waals surface area contributed by atoms with Crippen LogP contribution in [0.1, 0.15) is 43.5 Å². The lowest BCUT2D eigenvalue weighted by Crippen LogP contribution is -2.22. The van der Waals surface area contributed by atoms with E-state index in [1.54, 1.807) is 0 Å². The van der Waals surface area contributed by atoms with Gasteiger partial charge in [0.2, 0.25) is 0 Å². The van der Waals surface area contributed by atoms with Gasteiger partial charge in [-0.3, -0.25) is 0 Å². The van der Waals surface area contributed by atoms with Crippen LogP contribution in [-0.2, 0) is 19.4 Å². The third-order valence-corrected chi connectivity index (χ3v) is 4.88. The number of rotatable bonds is 4. The fourth-order valence-corrected chi connectivity index (χ4v) is 3.44. The second-order valence-corrected chi connectivity index (χ2v) is 7.27. The number of aryl methyl sites for hydroxylation is 1. The van der Waals surface area contributed by atoms with E-state index in [0.717, 1.165) is 41.7 Å². The molecule has 0 saturated carbocycles. The highest BCUT2D eigenvalue weighted by atomic mass is 16.5. The van der Waals surface area contributed by atoms with Gasteiger partial charge < -0.3 is 10.5 Å². The van der Waals surface area contributed by atoms with Gasteiger partial charge in [0.05, 0.1) is 11.2 Å². The normalized spacial score (nSPS) is 15.6. The van der Waals surface area contributed by atoms with Crippen molar-refractivity contribution in [2.45, 2.75) is 46.1 Å². The van der Waals surface area contributed by atoms with Gasteiger partial charge >= 0.3 is 0 Å². The maximum atomic E-state index is 5.97. The van der Waals surface area contributed by atoms with Gasteiger partial charge in [-0.15, -0.1) is 0 Å². The van der Waals surface area contributed by atoms with Crippen molar-refractivity contribution < 1.29 is 4.74 Å². The molecule has 0 radical (unpaired) electrons. The molecule has 0 bridgehead atoms. The molecule has 1 aliphatic carbocycles. The SMILES string of the molecule is CCC.NCC1CCc2cc(OCc3ccc4ccccc4n3)ccc2C1. The van der Waals surface area contributed by atoms with Gasteiger partial charge in [0.1, 0.15) is 12.4 Å². The van der Waals surface area contributed by atoms with Gasteiger partial charge in [0.25, 0.3) is 0 Å². The zero-order valence-electron chi connectivity index (χ0n) is 16.4. The molecule has 0 spiro atoms. The molecule has 2 aromatic carbocycles. The highest BCUT2D eigenvalue weighted by Gasteiger charge is 2.17. The van der Waals surface area contributed by atoms with Crippen LogP contribution in [0.25, 0.3) is 10.9 Å². The average Bonchev–Trinajstić information content (AvgIpc) is 2.72. The lowest BCUT2D eigenvalue weighted by molar-refractivity contribution is 0.301. The molecule has 0 amide bonds. The van der Waals surface area contributed by atoms with Crippen molar-refractivity contribution >= 4 is 10.9 Å². The van der Waals surface area contributed by atoms with E-state index in [9.17, 15) is 0 Å². The zero-order valence-corrected chi connectivity index (χ0v) is 16.4. The lowest BCUT2D eigenvalue weighted by atomic mass is 9.84. The summed E-state index contributed by atoms with van der Waals surface area (Å²) >= 11 is 0. The second kappa shape index (κ2) is 9.52. The number of aromatic nitrogens is 1.